The van der Waals surface area contributed by atoms with Crippen LogP contribution in [0.1, 0.15) is 16.2 Å². The van der Waals surface area contributed by atoms with Crippen molar-refractivity contribution in [2.75, 3.05) is 7.05 Å². The van der Waals surface area contributed by atoms with Crippen LogP contribution in [0.2, 0.25) is 0 Å². The van der Waals surface area contributed by atoms with E-state index in [0.29, 0.717) is 0 Å². The zero-order valence-electron chi connectivity index (χ0n) is 8.62. The Hall–Kier alpha value is -2.12. The maximum atomic E-state index is 12.4. The Morgan fingerprint density at radius 2 is 2.12 bits per heavy atom. The highest BCUT2D eigenvalue weighted by Gasteiger charge is 2.33. The average molecular weight is 244 g/mol. The third kappa shape index (κ3) is 2.05. The van der Waals surface area contributed by atoms with Crippen LogP contribution in [0, 0.1) is 0 Å². The van der Waals surface area contributed by atoms with E-state index in [9.17, 15) is 18.0 Å². The third-order valence-corrected chi connectivity index (χ3v) is 2.09. The fraction of sp³-hybridized carbons (Fsp3) is 0.222. The second-order valence-corrected chi connectivity index (χ2v) is 3.24. The van der Waals surface area contributed by atoms with Gasteiger partial charge in [0, 0.05) is 19.4 Å². The number of carbonyl (C=O) groups excluding carboxylic acids is 1. The van der Waals surface area contributed by atoms with Crippen molar-refractivity contribution in [2.24, 2.45) is 0 Å². The number of aromatic nitrogens is 3. The SMILES string of the molecule is CNC(=O)c1cn2cc(C(F)(F)F)ncc2n1. The highest BCUT2D eigenvalue weighted by molar-refractivity contribution is 5.92. The van der Waals surface area contributed by atoms with Gasteiger partial charge in [-0.1, -0.05) is 0 Å². The number of imidazole rings is 1. The van der Waals surface area contributed by atoms with Gasteiger partial charge in [-0.15, -0.1) is 0 Å². The number of hydrogen-bond donors (Lipinski definition) is 1. The lowest BCUT2D eigenvalue weighted by Gasteiger charge is -2.04. The topological polar surface area (TPSA) is 59.3 Å². The lowest BCUT2D eigenvalue weighted by Crippen LogP contribution is -2.17. The van der Waals surface area contributed by atoms with E-state index in [1.807, 2.05) is 0 Å². The first-order chi connectivity index (χ1) is 7.91. The summed E-state index contributed by atoms with van der Waals surface area (Å²) >= 11 is 0. The summed E-state index contributed by atoms with van der Waals surface area (Å²) in [6.07, 6.45) is -1.55. The largest absolute Gasteiger partial charge is 0.434 e. The van der Waals surface area contributed by atoms with E-state index in [-0.39, 0.29) is 11.3 Å². The first-order valence-corrected chi connectivity index (χ1v) is 4.56. The van der Waals surface area contributed by atoms with Crippen LogP contribution in [0.25, 0.3) is 5.65 Å². The molecule has 1 amide bonds. The number of halogens is 3. The summed E-state index contributed by atoms with van der Waals surface area (Å²) in [6.45, 7) is 0. The molecule has 8 heteroatoms. The molecule has 0 aromatic carbocycles. The zero-order valence-corrected chi connectivity index (χ0v) is 8.62. The number of hydrogen-bond acceptors (Lipinski definition) is 3. The van der Waals surface area contributed by atoms with Gasteiger partial charge in [-0.3, -0.25) is 4.79 Å². The molecule has 5 nitrogen and oxygen atoms in total. The molecule has 2 aromatic heterocycles. The second kappa shape index (κ2) is 3.72. The second-order valence-electron chi connectivity index (χ2n) is 3.24. The molecule has 90 valence electrons. The highest BCUT2D eigenvalue weighted by Crippen LogP contribution is 2.27. The van der Waals surface area contributed by atoms with Gasteiger partial charge >= 0.3 is 6.18 Å². The summed E-state index contributed by atoms with van der Waals surface area (Å²) in [5, 5.41) is 2.33. The molecule has 0 bridgehead atoms. The van der Waals surface area contributed by atoms with Crippen LogP contribution in [0.5, 0.6) is 0 Å². The Bertz CT molecular complexity index is 575. The van der Waals surface area contributed by atoms with Gasteiger partial charge in [-0.25, -0.2) is 9.97 Å². The Kier molecular flexibility index (Phi) is 2.49. The summed E-state index contributed by atoms with van der Waals surface area (Å²) in [4.78, 5) is 18.3. The lowest BCUT2D eigenvalue weighted by atomic mass is 10.4. The molecular weight excluding hydrogens is 237 g/mol. The van der Waals surface area contributed by atoms with Crippen molar-refractivity contribution in [2.45, 2.75) is 6.18 Å². The summed E-state index contributed by atoms with van der Waals surface area (Å²) < 4.78 is 38.2. The van der Waals surface area contributed by atoms with E-state index in [4.69, 9.17) is 0 Å². The fourth-order valence-corrected chi connectivity index (χ4v) is 1.28. The van der Waals surface area contributed by atoms with Crippen LogP contribution in [-0.4, -0.2) is 27.3 Å². The van der Waals surface area contributed by atoms with Crippen molar-refractivity contribution in [1.82, 2.24) is 19.7 Å². The van der Waals surface area contributed by atoms with E-state index in [0.717, 1.165) is 16.8 Å². The predicted molar refractivity (Wildman–Crippen MR) is 51.4 cm³/mol. The highest BCUT2D eigenvalue weighted by atomic mass is 19.4. The fourth-order valence-electron chi connectivity index (χ4n) is 1.28. The molecule has 0 atom stereocenters. The molecule has 0 spiro atoms. The van der Waals surface area contributed by atoms with Gasteiger partial charge in [0.2, 0.25) is 0 Å². The molecule has 0 radical (unpaired) electrons. The van der Waals surface area contributed by atoms with Gasteiger partial charge in [0.25, 0.3) is 5.91 Å². The predicted octanol–water partition coefficient (Wildman–Crippen LogP) is 1.11. The number of nitrogens with one attached hydrogen (secondary N) is 1. The Morgan fingerprint density at radius 3 is 2.71 bits per heavy atom. The molecule has 0 saturated carbocycles. The molecule has 17 heavy (non-hydrogen) atoms. The molecule has 0 aliphatic heterocycles. The summed E-state index contributed by atoms with van der Waals surface area (Å²) in [7, 11) is 1.41. The number of carbonyl (C=O) groups is 1. The van der Waals surface area contributed by atoms with Crippen molar-refractivity contribution < 1.29 is 18.0 Å². The Balaban J connectivity index is 2.52. The monoisotopic (exact) mass is 244 g/mol. The van der Waals surface area contributed by atoms with Gasteiger partial charge in [0.1, 0.15) is 5.69 Å². The first kappa shape index (κ1) is 11.4. The van der Waals surface area contributed by atoms with E-state index >= 15 is 0 Å². The molecule has 0 saturated heterocycles. The minimum Gasteiger partial charge on any atom is -0.354 e. The molecule has 0 fully saturated rings. The summed E-state index contributed by atoms with van der Waals surface area (Å²) in [5.74, 6) is -0.470. The lowest BCUT2D eigenvalue weighted by molar-refractivity contribution is -0.141. The van der Waals surface area contributed by atoms with Gasteiger partial charge in [0.05, 0.1) is 6.20 Å². The Morgan fingerprint density at radius 1 is 1.41 bits per heavy atom. The van der Waals surface area contributed by atoms with Crippen LogP contribution < -0.4 is 5.32 Å². The normalized spacial score (nSPS) is 11.8. The smallest absolute Gasteiger partial charge is 0.354 e. The van der Waals surface area contributed by atoms with Crippen LogP contribution in [-0.2, 0) is 6.18 Å². The minimum atomic E-state index is -4.52. The van der Waals surface area contributed by atoms with Crippen LogP contribution in [0.15, 0.2) is 18.6 Å². The van der Waals surface area contributed by atoms with Gasteiger partial charge in [0.15, 0.2) is 11.3 Å². The zero-order chi connectivity index (χ0) is 12.6. The summed E-state index contributed by atoms with van der Waals surface area (Å²) in [6, 6.07) is 0. The number of alkyl halides is 3. The van der Waals surface area contributed by atoms with Gasteiger partial charge < -0.3 is 9.72 Å². The molecular formula is C9H7F3N4O. The third-order valence-electron chi connectivity index (χ3n) is 2.09. The van der Waals surface area contributed by atoms with Gasteiger partial charge in [-0.2, -0.15) is 13.2 Å². The maximum Gasteiger partial charge on any atom is 0.434 e. The van der Waals surface area contributed by atoms with Crippen molar-refractivity contribution in [3.63, 3.8) is 0 Å². The standard InChI is InChI=1S/C9H7F3N4O/c1-13-8(17)5-3-16-4-6(9(10,11)12)14-2-7(16)15-5/h2-4H,1H3,(H,13,17). The van der Waals surface area contributed by atoms with E-state index < -0.39 is 17.8 Å². The average Bonchev–Trinajstić information content (AvgIpc) is 2.69. The maximum absolute atomic E-state index is 12.4. The van der Waals surface area contributed by atoms with Crippen molar-refractivity contribution in [3.05, 3.63) is 30.0 Å². The van der Waals surface area contributed by atoms with E-state index in [1.165, 1.54) is 13.2 Å². The Labute approximate surface area is 93.3 Å². The van der Waals surface area contributed by atoms with Crippen LogP contribution in [0.3, 0.4) is 0 Å². The van der Waals surface area contributed by atoms with Crippen LogP contribution in [0.4, 0.5) is 13.2 Å². The molecule has 2 aromatic rings. The number of nitrogens with zero attached hydrogens (tertiary/aromatic N) is 3. The molecule has 2 rings (SSSR count). The molecule has 1 N–H and O–H groups in total. The van der Waals surface area contributed by atoms with Crippen molar-refractivity contribution in [3.8, 4) is 0 Å². The summed E-state index contributed by atoms with van der Waals surface area (Å²) in [5.41, 5.74) is -0.823. The minimum absolute atomic E-state index is 0.0358. The number of rotatable bonds is 1. The van der Waals surface area contributed by atoms with E-state index in [1.54, 1.807) is 0 Å². The quantitative estimate of drug-likeness (QED) is 0.817. The molecule has 0 aliphatic rings. The van der Waals surface area contributed by atoms with Crippen LogP contribution >= 0.6 is 0 Å². The van der Waals surface area contributed by atoms with Crippen molar-refractivity contribution in [1.29, 1.82) is 0 Å². The number of amides is 1. The van der Waals surface area contributed by atoms with Gasteiger partial charge in [-0.05, 0) is 0 Å². The number of fused-ring (bicyclic) bond motifs is 1. The molecule has 0 unspecified atom stereocenters. The first-order valence-electron chi connectivity index (χ1n) is 4.56. The molecule has 2 heterocycles. The van der Waals surface area contributed by atoms with Crippen molar-refractivity contribution >= 4 is 11.6 Å². The van der Waals surface area contributed by atoms with E-state index in [2.05, 4.69) is 15.3 Å². The molecule has 0 aliphatic carbocycles.